The molecule has 3 aromatic rings. The van der Waals surface area contributed by atoms with Gasteiger partial charge in [-0.3, -0.25) is 9.48 Å². The van der Waals surface area contributed by atoms with Crippen molar-refractivity contribution in [3.63, 3.8) is 0 Å². The van der Waals surface area contributed by atoms with Gasteiger partial charge in [0.2, 0.25) is 5.95 Å². The lowest BCUT2D eigenvalue weighted by molar-refractivity contribution is 0.0692. The number of anilines is 2. The molecule has 0 saturated carbocycles. The van der Waals surface area contributed by atoms with Gasteiger partial charge in [-0.15, -0.1) is 5.10 Å². The topological polar surface area (TPSA) is 127 Å². The molecule has 27 heavy (non-hydrogen) atoms. The van der Waals surface area contributed by atoms with Crippen LogP contribution >= 0.6 is 0 Å². The number of fused-ring (bicyclic) bond motifs is 1. The minimum absolute atomic E-state index is 0.0322. The van der Waals surface area contributed by atoms with Crippen LogP contribution in [-0.4, -0.2) is 67.7 Å². The fraction of sp³-hybridized carbons (Fsp3) is 0.312. The number of hydrogen-bond acceptors (Lipinski definition) is 7. The second-order valence-corrected chi connectivity index (χ2v) is 6.02. The number of carboxylic acid groups (broad SMARTS) is 1. The van der Waals surface area contributed by atoms with Crippen LogP contribution in [0.15, 0.2) is 24.5 Å². The first-order chi connectivity index (χ1) is 13.0. The van der Waals surface area contributed by atoms with Crippen LogP contribution in [0.3, 0.4) is 0 Å². The van der Waals surface area contributed by atoms with Crippen molar-refractivity contribution in [3.05, 3.63) is 35.8 Å². The number of morpholine rings is 1. The van der Waals surface area contributed by atoms with Crippen LogP contribution in [0.25, 0.3) is 5.65 Å². The highest BCUT2D eigenvalue weighted by Gasteiger charge is 2.22. The zero-order valence-electron chi connectivity index (χ0n) is 14.5. The Bertz CT molecular complexity index is 1020. The maximum Gasteiger partial charge on any atom is 0.339 e. The molecule has 1 fully saturated rings. The number of nitrogens with zero attached hydrogens (tertiary/aromatic N) is 6. The summed E-state index contributed by atoms with van der Waals surface area (Å²) in [4.78, 5) is 30.3. The van der Waals surface area contributed by atoms with E-state index in [2.05, 4.69) is 20.5 Å². The zero-order chi connectivity index (χ0) is 19.0. The molecule has 1 amide bonds. The molecular formula is C16H17N7O4. The van der Waals surface area contributed by atoms with E-state index < -0.39 is 11.9 Å². The first-order valence-electron chi connectivity index (χ1n) is 8.28. The number of ether oxygens (including phenoxy) is 1. The number of aromatic nitrogens is 5. The summed E-state index contributed by atoms with van der Waals surface area (Å²) in [5.41, 5.74) is 0.909. The lowest BCUT2D eigenvalue weighted by Gasteiger charge is -2.25. The quantitative estimate of drug-likeness (QED) is 0.668. The van der Waals surface area contributed by atoms with Crippen molar-refractivity contribution in [2.24, 2.45) is 7.05 Å². The highest BCUT2D eigenvalue weighted by Crippen LogP contribution is 2.17. The van der Waals surface area contributed by atoms with Crippen LogP contribution in [-0.2, 0) is 11.8 Å². The van der Waals surface area contributed by atoms with Crippen molar-refractivity contribution in [2.75, 3.05) is 36.5 Å². The Morgan fingerprint density at radius 3 is 2.78 bits per heavy atom. The van der Waals surface area contributed by atoms with Crippen molar-refractivity contribution >= 4 is 29.2 Å². The lowest BCUT2D eigenvalue weighted by atomic mass is 10.2. The normalized spacial score (nSPS) is 14.5. The molecule has 0 bridgehead atoms. The van der Waals surface area contributed by atoms with Gasteiger partial charge in [-0.1, -0.05) is 0 Å². The van der Waals surface area contributed by atoms with Crippen molar-refractivity contribution in [2.45, 2.75) is 0 Å². The Labute approximate surface area is 153 Å². The van der Waals surface area contributed by atoms with Crippen molar-refractivity contribution in [1.29, 1.82) is 0 Å². The molecule has 1 saturated heterocycles. The van der Waals surface area contributed by atoms with E-state index in [0.29, 0.717) is 30.5 Å². The number of carbonyl (C=O) groups is 2. The molecule has 11 heteroatoms. The number of carbonyl (C=O) groups excluding carboxylic acids is 1. The van der Waals surface area contributed by atoms with Gasteiger partial charge in [0.1, 0.15) is 11.3 Å². The minimum Gasteiger partial charge on any atom is -0.478 e. The molecular weight excluding hydrogens is 354 g/mol. The van der Waals surface area contributed by atoms with E-state index >= 15 is 0 Å². The standard InChI is InChI=1S/C16H17N7O4/c1-21-13(11(8-17-21)15(25)26)14(24)18-10-2-3-12-19-16(20-23(12)9-10)22-4-6-27-7-5-22/h2-3,8-9H,4-7H2,1H3,(H,18,24)(H,25,26). The predicted molar refractivity (Wildman–Crippen MR) is 94.1 cm³/mol. The zero-order valence-corrected chi connectivity index (χ0v) is 14.5. The van der Waals surface area contributed by atoms with Crippen LogP contribution in [0, 0.1) is 0 Å². The summed E-state index contributed by atoms with van der Waals surface area (Å²) in [7, 11) is 1.51. The van der Waals surface area contributed by atoms with E-state index in [9.17, 15) is 14.7 Å². The summed E-state index contributed by atoms with van der Waals surface area (Å²) < 4.78 is 8.13. The summed E-state index contributed by atoms with van der Waals surface area (Å²) in [5, 5.41) is 20.1. The molecule has 0 atom stereocenters. The second-order valence-electron chi connectivity index (χ2n) is 6.02. The molecule has 4 heterocycles. The average Bonchev–Trinajstić information content (AvgIpc) is 3.25. The largest absolute Gasteiger partial charge is 0.478 e. The molecule has 3 aromatic heterocycles. The van der Waals surface area contributed by atoms with Gasteiger partial charge in [-0.05, 0) is 12.1 Å². The molecule has 140 valence electrons. The third-order valence-corrected chi connectivity index (χ3v) is 4.26. The molecule has 0 radical (unpaired) electrons. The Morgan fingerprint density at radius 2 is 2.04 bits per heavy atom. The average molecular weight is 371 g/mol. The fourth-order valence-corrected chi connectivity index (χ4v) is 2.90. The summed E-state index contributed by atoms with van der Waals surface area (Å²) in [5.74, 6) is -1.18. The number of hydrogen-bond donors (Lipinski definition) is 2. The molecule has 0 aromatic carbocycles. The van der Waals surface area contributed by atoms with Crippen LogP contribution in [0.5, 0.6) is 0 Å². The van der Waals surface area contributed by atoms with Crippen molar-refractivity contribution in [1.82, 2.24) is 24.4 Å². The number of carboxylic acids is 1. The van der Waals surface area contributed by atoms with E-state index in [1.807, 2.05) is 4.90 Å². The number of aryl methyl sites for hydroxylation is 1. The van der Waals surface area contributed by atoms with Gasteiger partial charge >= 0.3 is 5.97 Å². The predicted octanol–water partition coefficient (Wildman–Crippen LogP) is 0.250. The van der Waals surface area contributed by atoms with Crippen LogP contribution < -0.4 is 10.2 Å². The Balaban J connectivity index is 1.58. The van der Waals surface area contributed by atoms with Crippen molar-refractivity contribution in [3.8, 4) is 0 Å². The van der Waals surface area contributed by atoms with Crippen LogP contribution in [0.2, 0.25) is 0 Å². The third-order valence-electron chi connectivity index (χ3n) is 4.26. The SMILES string of the molecule is Cn1ncc(C(=O)O)c1C(=O)Nc1ccc2nc(N3CCOCC3)nn2c1. The van der Waals surface area contributed by atoms with Crippen molar-refractivity contribution < 1.29 is 19.4 Å². The molecule has 0 unspecified atom stereocenters. The molecule has 4 rings (SSSR count). The van der Waals surface area contributed by atoms with E-state index in [4.69, 9.17) is 4.74 Å². The van der Waals surface area contributed by atoms with Gasteiger partial charge in [0, 0.05) is 20.1 Å². The van der Waals surface area contributed by atoms with E-state index in [1.54, 1.807) is 22.8 Å². The lowest BCUT2D eigenvalue weighted by Crippen LogP contribution is -2.36. The van der Waals surface area contributed by atoms with Gasteiger partial charge in [-0.2, -0.15) is 10.1 Å². The summed E-state index contributed by atoms with van der Waals surface area (Å²) >= 11 is 0. The molecule has 0 aliphatic carbocycles. The Kier molecular flexibility index (Phi) is 4.20. The number of rotatable bonds is 4. The number of pyridine rings is 1. The first kappa shape index (κ1) is 17.0. The van der Waals surface area contributed by atoms with Gasteiger partial charge in [0.15, 0.2) is 5.65 Å². The Morgan fingerprint density at radius 1 is 1.26 bits per heavy atom. The molecule has 1 aliphatic heterocycles. The minimum atomic E-state index is -1.21. The smallest absolute Gasteiger partial charge is 0.339 e. The third kappa shape index (κ3) is 3.19. The molecule has 0 spiro atoms. The van der Waals surface area contributed by atoms with Gasteiger partial charge in [0.05, 0.1) is 31.3 Å². The summed E-state index contributed by atoms with van der Waals surface area (Å²) in [6.07, 6.45) is 2.77. The first-order valence-corrected chi connectivity index (χ1v) is 8.28. The highest BCUT2D eigenvalue weighted by atomic mass is 16.5. The second kappa shape index (κ2) is 6.68. The number of amides is 1. The maximum absolute atomic E-state index is 12.5. The molecule has 2 N–H and O–H groups in total. The van der Waals surface area contributed by atoms with E-state index in [1.165, 1.54) is 11.7 Å². The van der Waals surface area contributed by atoms with Gasteiger partial charge in [-0.25, -0.2) is 9.31 Å². The monoisotopic (exact) mass is 371 g/mol. The van der Waals surface area contributed by atoms with E-state index in [0.717, 1.165) is 19.3 Å². The molecule has 1 aliphatic rings. The fourth-order valence-electron chi connectivity index (χ4n) is 2.90. The summed E-state index contributed by atoms with van der Waals surface area (Å²) in [6.45, 7) is 2.71. The van der Waals surface area contributed by atoms with Gasteiger partial charge in [0.25, 0.3) is 5.91 Å². The Hall–Kier alpha value is -3.47. The van der Waals surface area contributed by atoms with Crippen LogP contribution in [0.4, 0.5) is 11.6 Å². The van der Waals surface area contributed by atoms with Crippen LogP contribution in [0.1, 0.15) is 20.8 Å². The summed E-state index contributed by atoms with van der Waals surface area (Å²) in [6, 6.07) is 3.41. The van der Waals surface area contributed by atoms with Gasteiger partial charge < -0.3 is 20.1 Å². The number of aromatic carboxylic acids is 1. The van der Waals surface area contributed by atoms with E-state index in [-0.39, 0.29) is 11.3 Å². The maximum atomic E-state index is 12.5. The molecule has 11 nitrogen and oxygen atoms in total. The highest BCUT2D eigenvalue weighted by molar-refractivity contribution is 6.09. The number of nitrogens with one attached hydrogen (secondary N) is 1.